The van der Waals surface area contributed by atoms with E-state index in [1.165, 1.54) is 23.3 Å². The van der Waals surface area contributed by atoms with E-state index >= 15 is 0 Å². The topological polar surface area (TPSA) is 92.4 Å². The number of carbonyl (C=O) groups is 1. The SMILES string of the molecule is COc1ccc(/C(=C\C#N)c2ccccc2C(=O)O)nc1OC1Cc2ccccc2C1. The van der Waals surface area contributed by atoms with Crippen LogP contribution in [-0.2, 0) is 12.8 Å². The molecule has 1 aromatic heterocycles. The predicted molar refractivity (Wildman–Crippen MR) is 115 cm³/mol. The van der Waals surface area contributed by atoms with E-state index in [4.69, 9.17) is 9.47 Å². The van der Waals surface area contributed by atoms with Gasteiger partial charge in [-0.2, -0.15) is 5.26 Å². The average molecular weight is 412 g/mol. The number of ether oxygens (including phenoxy) is 2. The van der Waals surface area contributed by atoms with Gasteiger partial charge in [0.1, 0.15) is 6.10 Å². The van der Waals surface area contributed by atoms with E-state index in [0.717, 1.165) is 12.8 Å². The number of hydrogen-bond acceptors (Lipinski definition) is 5. The maximum Gasteiger partial charge on any atom is 0.336 e. The lowest BCUT2D eigenvalue weighted by molar-refractivity contribution is 0.0696. The molecule has 0 unspecified atom stereocenters. The van der Waals surface area contributed by atoms with Crippen molar-refractivity contribution in [3.8, 4) is 17.7 Å². The summed E-state index contributed by atoms with van der Waals surface area (Å²) in [5.41, 5.74) is 3.85. The zero-order chi connectivity index (χ0) is 21.8. The van der Waals surface area contributed by atoms with Crippen molar-refractivity contribution in [2.24, 2.45) is 0 Å². The molecule has 2 aromatic carbocycles. The van der Waals surface area contributed by atoms with Gasteiger partial charge < -0.3 is 14.6 Å². The molecular weight excluding hydrogens is 392 g/mol. The van der Waals surface area contributed by atoms with Crippen LogP contribution in [0.1, 0.15) is 32.7 Å². The number of carboxylic acid groups (broad SMARTS) is 1. The van der Waals surface area contributed by atoms with Gasteiger partial charge in [0.2, 0.25) is 0 Å². The highest BCUT2D eigenvalue weighted by Gasteiger charge is 2.25. The maximum absolute atomic E-state index is 11.7. The fourth-order valence-corrected chi connectivity index (χ4v) is 3.84. The van der Waals surface area contributed by atoms with E-state index in [-0.39, 0.29) is 11.7 Å². The Labute approximate surface area is 180 Å². The van der Waals surface area contributed by atoms with Crippen molar-refractivity contribution >= 4 is 11.5 Å². The van der Waals surface area contributed by atoms with Gasteiger partial charge in [0.05, 0.1) is 24.4 Å². The normalized spacial score (nSPS) is 13.4. The zero-order valence-corrected chi connectivity index (χ0v) is 16.9. The molecule has 1 N–H and O–H groups in total. The first-order chi connectivity index (χ1) is 15.1. The summed E-state index contributed by atoms with van der Waals surface area (Å²) in [6.07, 6.45) is 2.76. The van der Waals surface area contributed by atoms with Gasteiger partial charge in [0.15, 0.2) is 5.75 Å². The van der Waals surface area contributed by atoms with Gasteiger partial charge in [0, 0.05) is 24.5 Å². The minimum atomic E-state index is -1.08. The standard InChI is InChI=1S/C25H20N2O4/c1-30-23-11-10-22(20(12-13-26)19-8-4-5-9-21(19)25(28)29)27-24(23)31-18-14-16-6-2-3-7-17(16)15-18/h2-12,18H,14-15H2,1H3,(H,28,29)/b20-12-. The number of aromatic nitrogens is 1. The minimum Gasteiger partial charge on any atom is -0.491 e. The molecule has 0 radical (unpaired) electrons. The number of benzene rings is 2. The first kappa shape index (κ1) is 20.2. The predicted octanol–water partition coefficient (Wildman–Crippen LogP) is 4.29. The molecule has 0 amide bonds. The molecule has 1 aliphatic carbocycles. The van der Waals surface area contributed by atoms with E-state index in [1.807, 2.05) is 18.2 Å². The second-order valence-electron chi connectivity index (χ2n) is 7.16. The maximum atomic E-state index is 11.7. The number of nitriles is 1. The van der Waals surface area contributed by atoms with Crippen molar-refractivity contribution in [1.29, 1.82) is 5.26 Å². The first-order valence-electron chi connectivity index (χ1n) is 9.82. The molecular formula is C25H20N2O4. The van der Waals surface area contributed by atoms with E-state index < -0.39 is 5.97 Å². The van der Waals surface area contributed by atoms with Crippen molar-refractivity contribution in [2.75, 3.05) is 7.11 Å². The summed E-state index contributed by atoms with van der Waals surface area (Å²) in [5, 5.41) is 18.9. The van der Waals surface area contributed by atoms with E-state index in [0.29, 0.717) is 28.5 Å². The molecule has 0 atom stereocenters. The van der Waals surface area contributed by atoms with E-state index in [9.17, 15) is 15.2 Å². The van der Waals surface area contributed by atoms with Crippen LogP contribution >= 0.6 is 0 Å². The molecule has 6 heteroatoms. The molecule has 31 heavy (non-hydrogen) atoms. The monoisotopic (exact) mass is 412 g/mol. The van der Waals surface area contributed by atoms with Gasteiger partial charge in [-0.15, -0.1) is 0 Å². The Morgan fingerprint density at radius 2 is 1.71 bits per heavy atom. The summed E-state index contributed by atoms with van der Waals surface area (Å²) in [7, 11) is 1.54. The fraction of sp³-hybridized carbons (Fsp3) is 0.160. The summed E-state index contributed by atoms with van der Waals surface area (Å²) in [6.45, 7) is 0. The Bertz CT molecular complexity index is 1190. The van der Waals surface area contributed by atoms with Crippen molar-refractivity contribution < 1.29 is 19.4 Å². The van der Waals surface area contributed by atoms with Crippen molar-refractivity contribution in [2.45, 2.75) is 18.9 Å². The number of nitrogens with zero attached hydrogens (tertiary/aromatic N) is 2. The second kappa shape index (κ2) is 8.72. The van der Waals surface area contributed by atoms with Crippen molar-refractivity contribution in [3.05, 3.63) is 94.7 Å². The zero-order valence-electron chi connectivity index (χ0n) is 16.9. The number of methoxy groups -OCH3 is 1. The third-order valence-electron chi connectivity index (χ3n) is 5.27. The van der Waals surface area contributed by atoms with Crippen LogP contribution in [0, 0.1) is 11.3 Å². The van der Waals surface area contributed by atoms with Gasteiger partial charge in [0.25, 0.3) is 5.88 Å². The van der Waals surface area contributed by atoms with Crippen LogP contribution in [0.5, 0.6) is 11.6 Å². The number of pyridine rings is 1. The van der Waals surface area contributed by atoms with E-state index in [1.54, 1.807) is 37.4 Å². The lowest BCUT2D eigenvalue weighted by Gasteiger charge is -2.17. The number of allylic oxidation sites excluding steroid dienone is 1. The van der Waals surface area contributed by atoms with Crippen molar-refractivity contribution in [1.82, 2.24) is 4.98 Å². The Balaban J connectivity index is 1.70. The van der Waals surface area contributed by atoms with Gasteiger partial charge in [-0.1, -0.05) is 42.5 Å². The van der Waals surface area contributed by atoms with Crippen LogP contribution < -0.4 is 9.47 Å². The number of aromatic carboxylic acids is 1. The molecule has 0 bridgehead atoms. The van der Waals surface area contributed by atoms with Crippen LogP contribution in [0.3, 0.4) is 0 Å². The van der Waals surface area contributed by atoms with Gasteiger partial charge in [-0.05, 0) is 34.9 Å². The van der Waals surface area contributed by atoms with Crippen LogP contribution in [0.25, 0.3) is 5.57 Å². The molecule has 154 valence electrons. The summed E-state index contributed by atoms with van der Waals surface area (Å²) in [5.74, 6) is -0.287. The fourth-order valence-electron chi connectivity index (χ4n) is 3.84. The molecule has 4 rings (SSSR count). The van der Waals surface area contributed by atoms with Gasteiger partial charge in [-0.3, -0.25) is 0 Å². The molecule has 0 fully saturated rings. The third-order valence-corrected chi connectivity index (χ3v) is 5.27. The highest BCUT2D eigenvalue weighted by Crippen LogP contribution is 2.33. The quantitative estimate of drug-likeness (QED) is 0.607. The van der Waals surface area contributed by atoms with Gasteiger partial charge >= 0.3 is 5.97 Å². The Morgan fingerprint density at radius 1 is 1.06 bits per heavy atom. The first-order valence-corrected chi connectivity index (χ1v) is 9.82. The molecule has 3 aromatic rings. The smallest absolute Gasteiger partial charge is 0.336 e. The molecule has 0 saturated heterocycles. The number of carboxylic acids is 1. The third kappa shape index (κ3) is 4.12. The lowest BCUT2D eigenvalue weighted by atomic mass is 9.96. The number of rotatable bonds is 6. The highest BCUT2D eigenvalue weighted by molar-refractivity contribution is 5.96. The Hall–Kier alpha value is -4.11. The Kier molecular flexibility index (Phi) is 5.67. The average Bonchev–Trinajstić information content (AvgIpc) is 3.20. The second-order valence-corrected chi connectivity index (χ2v) is 7.16. The van der Waals surface area contributed by atoms with Gasteiger partial charge in [-0.25, -0.2) is 9.78 Å². The molecule has 1 aliphatic rings. The summed E-state index contributed by atoms with van der Waals surface area (Å²) >= 11 is 0. The largest absolute Gasteiger partial charge is 0.491 e. The highest BCUT2D eigenvalue weighted by atomic mass is 16.5. The van der Waals surface area contributed by atoms with Crippen LogP contribution in [-0.4, -0.2) is 29.3 Å². The molecule has 1 heterocycles. The molecule has 0 spiro atoms. The summed E-state index contributed by atoms with van der Waals surface area (Å²) in [4.78, 5) is 16.3. The minimum absolute atomic E-state index is 0.0799. The summed E-state index contributed by atoms with van der Waals surface area (Å²) in [6, 6.07) is 20.1. The van der Waals surface area contributed by atoms with Crippen molar-refractivity contribution in [3.63, 3.8) is 0 Å². The number of hydrogen-bond donors (Lipinski definition) is 1. The van der Waals surface area contributed by atoms with Crippen LogP contribution in [0.2, 0.25) is 0 Å². The Morgan fingerprint density at radius 3 is 2.32 bits per heavy atom. The lowest BCUT2D eigenvalue weighted by Crippen LogP contribution is -2.18. The number of fused-ring (bicyclic) bond motifs is 1. The van der Waals surface area contributed by atoms with Crippen LogP contribution in [0.15, 0.2) is 66.7 Å². The summed E-state index contributed by atoms with van der Waals surface area (Å²) < 4.78 is 11.6. The molecule has 0 saturated carbocycles. The molecule has 6 nitrogen and oxygen atoms in total. The van der Waals surface area contributed by atoms with Crippen LogP contribution in [0.4, 0.5) is 0 Å². The van der Waals surface area contributed by atoms with E-state index in [2.05, 4.69) is 17.1 Å². The molecule has 0 aliphatic heterocycles.